The van der Waals surface area contributed by atoms with E-state index < -0.39 is 0 Å². The van der Waals surface area contributed by atoms with E-state index >= 15 is 0 Å². The van der Waals surface area contributed by atoms with Gasteiger partial charge in [-0.15, -0.1) is 0 Å². The van der Waals surface area contributed by atoms with Crippen LogP contribution in [0.1, 0.15) is 37.7 Å². The van der Waals surface area contributed by atoms with Crippen molar-refractivity contribution in [1.29, 1.82) is 0 Å². The second kappa shape index (κ2) is 6.56. The SMILES string of the molecule is C=C1CC(CCCCCn2cc(C)c(=O)[nH]c2=O)OC1=O. The Morgan fingerprint density at radius 3 is 2.76 bits per heavy atom. The van der Waals surface area contributed by atoms with Gasteiger partial charge in [0, 0.05) is 30.3 Å². The Morgan fingerprint density at radius 2 is 2.10 bits per heavy atom. The van der Waals surface area contributed by atoms with Crippen molar-refractivity contribution >= 4 is 5.97 Å². The van der Waals surface area contributed by atoms with Crippen LogP contribution in [0.4, 0.5) is 0 Å². The number of rotatable bonds is 6. The molecule has 0 amide bonds. The van der Waals surface area contributed by atoms with Gasteiger partial charge in [-0.3, -0.25) is 9.78 Å². The molecule has 0 bridgehead atoms. The van der Waals surface area contributed by atoms with E-state index in [-0.39, 0.29) is 23.3 Å². The molecule has 0 saturated carbocycles. The maximum absolute atomic E-state index is 11.6. The largest absolute Gasteiger partial charge is 0.459 e. The maximum atomic E-state index is 11.6. The minimum absolute atomic E-state index is 0.0388. The molecule has 6 nitrogen and oxygen atoms in total. The van der Waals surface area contributed by atoms with Crippen molar-refractivity contribution in [3.63, 3.8) is 0 Å². The zero-order chi connectivity index (χ0) is 15.4. The highest BCUT2D eigenvalue weighted by Gasteiger charge is 2.26. The first kappa shape index (κ1) is 15.3. The van der Waals surface area contributed by atoms with E-state index in [0.717, 1.165) is 25.7 Å². The van der Waals surface area contributed by atoms with Gasteiger partial charge in [-0.05, 0) is 26.2 Å². The summed E-state index contributed by atoms with van der Waals surface area (Å²) in [7, 11) is 0. The highest BCUT2D eigenvalue weighted by atomic mass is 16.5. The zero-order valence-corrected chi connectivity index (χ0v) is 12.2. The van der Waals surface area contributed by atoms with E-state index in [1.807, 2.05) is 0 Å². The van der Waals surface area contributed by atoms with Gasteiger partial charge in [-0.1, -0.05) is 13.0 Å². The minimum atomic E-state index is -0.369. The van der Waals surface area contributed by atoms with Crippen molar-refractivity contribution in [2.45, 2.75) is 51.7 Å². The number of H-pyrrole nitrogens is 1. The summed E-state index contributed by atoms with van der Waals surface area (Å²) in [6.45, 7) is 5.91. The number of esters is 1. The van der Waals surface area contributed by atoms with Crippen molar-refractivity contribution in [1.82, 2.24) is 9.55 Å². The van der Waals surface area contributed by atoms with Gasteiger partial charge in [-0.25, -0.2) is 9.59 Å². The van der Waals surface area contributed by atoms with Gasteiger partial charge < -0.3 is 9.30 Å². The quantitative estimate of drug-likeness (QED) is 0.486. The first-order valence-electron chi connectivity index (χ1n) is 7.16. The third-order valence-electron chi connectivity index (χ3n) is 3.65. The molecule has 0 spiro atoms. The smallest absolute Gasteiger partial charge is 0.333 e. The average molecular weight is 292 g/mol. The monoisotopic (exact) mass is 292 g/mol. The predicted octanol–water partition coefficient (Wildman–Crippen LogP) is 1.28. The normalized spacial score (nSPS) is 18.0. The topological polar surface area (TPSA) is 81.2 Å². The van der Waals surface area contributed by atoms with Gasteiger partial charge in [0.25, 0.3) is 5.56 Å². The molecular weight excluding hydrogens is 272 g/mol. The van der Waals surface area contributed by atoms with Gasteiger partial charge in [0.2, 0.25) is 0 Å². The number of carbonyl (C=O) groups excluding carboxylic acids is 1. The van der Waals surface area contributed by atoms with Crippen LogP contribution < -0.4 is 11.2 Å². The average Bonchev–Trinajstić information content (AvgIpc) is 2.74. The number of aryl methyl sites for hydroxylation is 2. The molecule has 2 heterocycles. The van der Waals surface area contributed by atoms with Gasteiger partial charge in [-0.2, -0.15) is 0 Å². The second-order valence-electron chi connectivity index (χ2n) is 5.45. The molecule has 1 unspecified atom stereocenters. The summed E-state index contributed by atoms with van der Waals surface area (Å²) in [5.41, 5.74) is 0.382. The van der Waals surface area contributed by atoms with E-state index in [0.29, 0.717) is 24.1 Å². The van der Waals surface area contributed by atoms with Crippen LogP contribution in [0.3, 0.4) is 0 Å². The van der Waals surface area contributed by atoms with Crippen molar-refractivity contribution in [2.24, 2.45) is 0 Å². The number of aromatic amines is 1. The lowest BCUT2D eigenvalue weighted by molar-refractivity contribution is -0.139. The van der Waals surface area contributed by atoms with Crippen LogP contribution in [0, 0.1) is 6.92 Å². The van der Waals surface area contributed by atoms with Gasteiger partial charge in [0.1, 0.15) is 6.10 Å². The van der Waals surface area contributed by atoms with Crippen molar-refractivity contribution in [2.75, 3.05) is 0 Å². The van der Waals surface area contributed by atoms with Crippen molar-refractivity contribution in [3.8, 4) is 0 Å². The Labute approximate surface area is 122 Å². The fourth-order valence-electron chi connectivity index (χ4n) is 2.41. The molecule has 1 aromatic heterocycles. The fourth-order valence-corrected chi connectivity index (χ4v) is 2.41. The number of aromatic nitrogens is 2. The highest BCUT2D eigenvalue weighted by molar-refractivity contribution is 5.89. The van der Waals surface area contributed by atoms with E-state index in [9.17, 15) is 14.4 Å². The van der Waals surface area contributed by atoms with Crippen LogP contribution in [0.2, 0.25) is 0 Å². The molecular formula is C15H20N2O4. The Balaban J connectivity index is 1.72. The molecule has 21 heavy (non-hydrogen) atoms. The highest BCUT2D eigenvalue weighted by Crippen LogP contribution is 2.22. The number of nitrogens with zero attached hydrogens (tertiary/aromatic N) is 1. The number of hydrogen-bond acceptors (Lipinski definition) is 4. The zero-order valence-electron chi connectivity index (χ0n) is 12.2. The molecule has 1 aliphatic rings. The molecule has 1 aliphatic heterocycles. The first-order valence-corrected chi connectivity index (χ1v) is 7.16. The van der Waals surface area contributed by atoms with Crippen LogP contribution in [0.25, 0.3) is 0 Å². The Morgan fingerprint density at radius 1 is 1.33 bits per heavy atom. The van der Waals surface area contributed by atoms with Gasteiger partial charge >= 0.3 is 11.7 Å². The van der Waals surface area contributed by atoms with Crippen LogP contribution in [0.15, 0.2) is 27.9 Å². The predicted molar refractivity (Wildman–Crippen MR) is 78.2 cm³/mol. The molecule has 1 aromatic rings. The first-order chi connectivity index (χ1) is 9.97. The molecule has 2 rings (SSSR count). The van der Waals surface area contributed by atoms with Crippen LogP contribution in [-0.4, -0.2) is 21.6 Å². The summed E-state index contributed by atoms with van der Waals surface area (Å²) in [6.07, 6.45) is 5.70. The molecule has 1 fully saturated rings. The molecule has 1 saturated heterocycles. The van der Waals surface area contributed by atoms with Crippen LogP contribution in [-0.2, 0) is 16.1 Å². The van der Waals surface area contributed by atoms with E-state index in [1.54, 1.807) is 13.1 Å². The van der Waals surface area contributed by atoms with Crippen LogP contribution >= 0.6 is 0 Å². The molecule has 0 radical (unpaired) electrons. The third-order valence-corrected chi connectivity index (χ3v) is 3.65. The summed E-state index contributed by atoms with van der Waals surface area (Å²) < 4.78 is 6.68. The van der Waals surface area contributed by atoms with Gasteiger partial charge in [0.05, 0.1) is 0 Å². The van der Waals surface area contributed by atoms with E-state index in [2.05, 4.69) is 11.6 Å². The maximum Gasteiger partial charge on any atom is 0.333 e. The molecule has 0 aromatic carbocycles. The van der Waals surface area contributed by atoms with Crippen molar-refractivity contribution < 1.29 is 9.53 Å². The molecule has 1 atom stereocenters. The molecule has 114 valence electrons. The Bertz CT molecular complexity index is 640. The number of cyclic esters (lactones) is 1. The second-order valence-corrected chi connectivity index (χ2v) is 5.45. The molecule has 6 heteroatoms. The lowest BCUT2D eigenvalue weighted by atomic mass is 10.1. The summed E-state index contributed by atoms with van der Waals surface area (Å²) in [6, 6.07) is 0. The van der Waals surface area contributed by atoms with Gasteiger partial charge in [0.15, 0.2) is 0 Å². The summed E-state index contributed by atoms with van der Waals surface area (Å²) in [5.74, 6) is -0.282. The summed E-state index contributed by atoms with van der Waals surface area (Å²) in [5, 5.41) is 0. The number of nitrogens with one attached hydrogen (secondary N) is 1. The van der Waals surface area contributed by atoms with Crippen molar-refractivity contribution in [3.05, 3.63) is 44.8 Å². The lowest BCUT2D eigenvalue weighted by Crippen LogP contribution is -2.30. The standard InChI is InChI=1S/C15H20N2O4/c1-10-8-12(21-14(10)19)6-4-3-5-7-17-9-11(2)13(18)16-15(17)20/h9,12H,1,3-8H2,2H3,(H,16,18,20). The number of unbranched alkanes of at least 4 members (excludes halogenated alkanes) is 2. The lowest BCUT2D eigenvalue weighted by Gasteiger charge is -2.09. The summed E-state index contributed by atoms with van der Waals surface area (Å²) in [4.78, 5) is 36.3. The number of hydrogen-bond donors (Lipinski definition) is 1. The molecule has 0 aliphatic carbocycles. The Hall–Kier alpha value is -2.11. The van der Waals surface area contributed by atoms with E-state index in [4.69, 9.17) is 4.74 Å². The molecule has 1 N–H and O–H groups in total. The third kappa shape index (κ3) is 3.93. The Kier molecular flexibility index (Phi) is 4.77. The van der Waals surface area contributed by atoms with Crippen LogP contribution in [0.5, 0.6) is 0 Å². The number of carbonyl (C=O) groups is 1. The van der Waals surface area contributed by atoms with E-state index in [1.165, 1.54) is 4.57 Å². The fraction of sp³-hybridized carbons (Fsp3) is 0.533. The summed E-state index contributed by atoms with van der Waals surface area (Å²) >= 11 is 0. The number of ether oxygens (including phenoxy) is 1. The minimum Gasteiger partial charge on any atom is -0.459 e.